The summed E-state index contributed by atoms with van der Waals surface area (Å²) in [4.78, 5) is 28.3. The Hall–Kier alpha value is -3.16. The maximum Gasteiger partial charge on any atom is 0.336 e. The number of nitrogens with zero attached hydrogens (tertiary/aromatic N) is 2. The summed E-state index contributed by atoms with van der Waals surface area (Å²) in [6, 6.07) is 6.24. The topological polar surface area (TPSA) is 103 Å². The number of esters is 1. The van der Waals surface area contributed by atoms with Crippen molar-refractivity contribution in [3.05, 3.63) is 62.5 Å². The number of ether oxygens (including phenoxy) is 2. The summed E-state index contributed by atoms with van der Waals surface area (Å²) >= 11 is 0. The van der Waals surface area contributed by atoms with Crippen molar-refractivity contribution in [1.82, 2.24) is 5.32 Å². The van der Waals surface area contributed by atoms with Gasteiger partial charge in [-0.2, -0.15) is 0 Å². The van der Waals surface area contributed by atoms with E-state index >= 15 is 0 Å². The second-order valence-electron chi connectivity index (χ2n) is 7.93. The molecule has 0 bridgehead atoms. The third kappa shape index (κ3) is 4.08. The Morgan fingerprint density at radius 1 is 1.33 bits per heavy atom. The van der Waals surface area contributed by atoms with Gasteiger partial charge >= 0.3 is 5.97 Å². The van der Waals surface area contributed by atoms with E-state index in [-0.39, 0.29) is 17.8 Å². The highest BCUT2D eigenvalue weighted by Gasteiger charge is 2.40. The fourth-order valence-corrected chi connectivity index (χ4v) is 3.75. The molecule has 160 valence electrons. The largest absolute Gasteiger partial charge is 0.475 e. The fourth-order valence-electron chi connectivity index (χ4n) is 3.75. The molecule has 30 heavy (non-hydrogen) atoms. The number of dihydropyridines is 1. The number of allylic oxidation sites excluding steroid dienone is 2. The highest BCUT2D eigenvalue weighted by Crippen LogP contribution is 2.42. The fraction of sp³-hybridized carbons (Fsp3) is 0.455. The highest BCUT2D eigenvalue weighted by atomic mass is 16.6. The molecule has 1 atom stereocenters. The van der Waals surface area contributed by atoms with Gasteiger partial charge in [0.25, 0.3) is 5.69 Å². The van der Waals surface area contributed by atoms with Crippen LogP contribution in [0.2, 0.25) is 0 Å². The van der Waals surface area contributed by atoms with Crippen molar-refractivity contribution in [1.29, 1.82) is 0 Å². The molecule has 1 aromatic rings. The van der Waals surface area contributed by atoms with Crippen molar-refractivity contribution in [2.45, 2.75) is 52.5 Å². The van der Waals surface area contributed by atoms with Gasteiger partial charge in [0.05, 0.1) is 22.6 Å². The van der Waals surface area contributed by atoms with E-state index in [1.165, 1.54) is 12.1 Å². The second kappa shape index (κ2) is 8.30. The first-order valence-electron chi connectivity index (χ1n) is 10.0. The zero-order chi connectivity index (χ0) is 22.1. The van der Waals surface area contributed by atoms with Gasteiger partial charge in [-0.15, -0.1) is 0 Å². The molecule has 0 saturated carbocycles. The average molecular weight is 413 g/mol. The van der Waals surface area contributed by atoms with Crippen molar-refractivity contribution < 1.29 is 19.2 Å². The molecule has 2 aliphatic heterocycles. The van der Waals surface area contributed by atoms with Gasteiger partial charge in [0.2, 0.25) is 5.90 Å². The molecule has 1 unspecified atom stereocenters. The molecule has 3 rings (SSSR count). The zero-order valence-electron chi connectivity index (χ0n) is 17.9. The van der Waals surface area contributed by atoms with Gasteiger partial charge in [0, 0.05) is 35.0 Å². The molecule has 0 amide bonds. The summed E-state index contributed by atoms with van der Waals surface area (Å²) in [6.45, 7) is 10.2. The van der Waals surface area contributed by atoms with E-state index in [9.17, 15) is 14.9 Å². The monoisotopic (exact) mass is 413 g/mol. The number of rotatable bonds is 6. The summed E-state index contributed by atoms with van der Waals surface area (Å²) in [5, 5.41) is 14.4. The number of nitro groups is 1. The lowest BCUT2D eigenvalue weighted by molar-refractivity contribution is -0.384. The lowest BCUT2D eigenvalue weighted by Gasteiger charge is -2.32. The first-order valence-corrected chi connectivity index (χ1v) is 10.0. The Morgan fingerprint density at radius 3 is 2.50 bits per heavy atom. The van der Waals surface area contributed by atoms with Crippen LogP contribution in [0, 0.1) is 10.1 Å². The molecule has 2 aliphatic rings. The minimum atomic E-state index is -0.506. The second-order valence-corrected chi connectivity index (χ2v) is 7.93. The summed E-state index contributed by atoms with van der Waals surface area (Å²) < 4.78 is 11.3. The molecule has 8 heteroatoms. The van der Waals surface area contributed by atoms with E-state index in [1.807, 2.05) is 27.7 Å². The number of hydrogen-bond donors (Lipinski definition) is 1. The predicted molar refractivity (Wildman–Crippen MR) is 113 cm³/mol. The third-order valence-corrected chi connectivity index (χ3v) is 5.13. The van der Waals surface area contributed by atoms with Crippen LogP contribution in [0.4, 0.5) is 5.69 Å². The predicted octanol–water partition coefficient (Wildman–Crippen LogP) is 3.99. The number of nitro benzene ring substituents is 1. The SMILES string of the molecule is CCOC(=O)C1=C(C)NC(CC)=C(C2=NC(C)(C)CO2)C1c1ccc([N+](=O)[O-])cc1. The Morgan fingerprint density at radius 2 is 2.00 bits per heavy atom. The van der Waals surface area contributed by atoms with Crippen molar-refractivity contribution in [2.24, 2.45) is 4.99 Å². The quantitative estimate of drug-likeness (QED) is 0.430. The van der Waals surface area contributed by atoms with E-state index in [1.54, 1.807) is 19.1 Å². The number of carbonyl (C=O) groups excluding carboxylic acids is 1. The summed E-state index contributed by atoms with van der Waals surface area (Å²) in [6.07, 6.45) is 0.676. The van der Waals surface area contributed by atoms with E-state index < -0.39 is 16.8 Å². The zero-order valence-corrected chi connectivity index (χ0v) is 17.9. The summed E-state index contributed by atoms with van der Waals surface area (Å²) in [5.41, 5.74) is 3.17. The lowest BCUT2D eigenvalue weighted by Crippen LogP contribution is -2.32. The minimum Gasteiger partial charge on any atom is -0.475 e. The number of carbonyl (C=O) groups is 1. The Labute approximate surface area is 175 Å². The molecule has 0 saturated heterocycles. The number of nitrogens with one attached hydrogen (secondary N) is 1. The van der Waals surface area contributed by atoms with Gasteiger partial charge in [0.15, 0.2) is 0 Å². The molecule has 0 spiro atoms. The van der Waals surface area contributed by atoms with Crippen LogP contribution in [0.15, 0.2) is 51.8 Å². The standard InChI is InChI=1S/C22H27N3O5/c1-6-16-19(20-24-22(4,5)12-30-20)18(14-8-10-15(11-9-14)25(27)28)17(13(3)23-16)21(26)29-7-2/h8-11,18,23H,6-7,12H2,1-5H3. The van der Waals surface area contributed by atoms with E-state index in [4.69, 9.17) is 14.5 Å². The Kier molecular flexibility index (Phi) is 5.96. The smallest absolute Gasteiger partial charge is 0.336 e. The molecule has 0 fully saturated rings. The van der Waals surface area contributed by atoms with Gasteiger partial charge in [-0.05, 0) is 39.7 Å². The van der Waals surface area contributed by atoms with Crippen LogP contribution in [0.1, 0.15) is 52.5 Å². The number of hydrogen-bond acceptors (Lipinski definition) is 7. The van der Waals surface area contributed by atoms with Crippen molar-refractivity contribution >= 4 is 17.6 Å². The van der Waals surface area contributed by atoms with Crippen molar-refractivity contribution in [2.75, 3.05) is 13.2 Å². The molecule has 8 nitrogen and oxygen atoms in total. The summed E-state index contributed by atoms with van der Waals surface area (Å²) in [7, 11) is 0. The van der Waals surface area contributed by atoms with Crippen molar-refractivity contribution in [3.63, 3.8) is 0 Å². The molecular weight excluding hydrogens is 386 g/mol. The maximum atomic E-state index is 12.9. The van der Waals surface area contributed by atoms with Crippen LogP contribution >= 0.6 is 0 Å². The van der Waals surface area contributed by atoms with E-state index in [0.29, 0.717) is 30.2 Å². The molecular formula is C22H27N3O5. The van der Waals surface area contributed by atoms with Crippen LogP contribution < -0.4 is 5.32 Å². The molecule has 0 aromatic heterocycles. The average Bonchev–Trinajstić information content (AvgIpc) is 3.06. The molecule has 1 aromatic carbocycles. The van der Waals surface area contributed by atoms with Crippen LogP contribution in [-0.4, -0.2) is 35.5 Å². The van der Waals surface area contributed by atoms with Gasteiger partial charge in [-0.1, -0.05) is 19.1 Å². The maximum absolute atomic E-state index is 12.9. The van der Waals surface area contributed by atoms with Crippen LogP contribution in [0.5, 0.6) is 0 Å². The molecule has 0 aliphatic carbocycles. The van der Waals surface area contributed by atoms with Gasteiger partial charge in [0.1, 0.15) is 6.61 Å². The van der Waals surface area contributed by atoms with Gasteiger partial charge in [-0.25, -0.2) is 9.79 Å². The van der Waals surface area contributed by atoms with E-state index in [0.717, 1.165) is 16.8 Å². The lowest BCUT2D eigenvalue weighted by atomic mass is 9.79. The first-order chi connectivity index (χ1) is 14.2. The molecule has 2 heterocycles. The highest BCUT2D eigenvalue weighted by molar-refractivity contribution is 6.03. The minimum absolute atomic E-state index is 0.0112. The Balaban J connectivity index is 2.20. The van der Waals surface area contributed by atoms with E-state index in [2.05, 4.69) is 5.32 Å². The van der Waals surface area contributed by atoms with Gasteiger partial charge in [-0.3, -0.25) is 10.1 Å². The third-order valence-electron chi connectivity index (χ3n) is 5.13. The van der Waals surface area contributed by atoms with Gasteiger partial charge < -0.3 is 14.8 Å². The number of non-ortho nitro benzene ring substituents is 1. The van der Waals surface area contributed by atoms with Crippen LogP contribution in [0.3, 0.4) is 0 Å². The number of aliphatic imine (C=N–C) groups is 1. The first kappa shape index (κ1) is 21.5. The van der Waals surface area contributed by atoms with Crippen LogP contribution in [-0.2, 0) is 14.3 Å². The Bertz CT molecular complexity index is 957. The number of benzene rings is 1. The van der Waals surface area contributed by atoms with Crippen LogP contribution in [0.25, 0.3) is 0 Å². The molecule has 0 radical (unpaired) electrons. The molecule has 1 N–H and O–H groups in total. The summed E-state index contributed by atoms with van der Waals surface area (Å²) in [5.74, 6) is -0.452. The normalized spacial score (nSPS) is 20.4. The van der Waals surface area contributed by atoms with Crippen molar-refractivity contribution in [3.8, 4) is 0 Å².